The molecule has 0 aliphatic carbocycles. The summed E-state index contributed by atoms with van der Waals surface area (Å²) in [4.78, 5) is 16.1. The van der Waals surface area contributed by atoms with Crippen molar-refractivity contribution < 1.29 is 4.79 Å². The highest BCUT2D eigenvalue weighted by Gasteiger charge is 2.12. The van der Waals surface area contributed by atoms with Crippen LogP contribution in [-0.2, 0) is 17.6 Å². The van der Waals surface area contributed by atoms with E-state index in [1.807, 2.05) is 13.0 Å². The molecule has 1 saturated heterocycles. The molecule has 2 heterocycles. The van der Waals surface area contributed by atoms with Crippen LogP contribution in [0.15, 0.2) is 41.8 Å². The van der Waals surface area contributed by atoms with Crippen LogP contribution in [0.1, 0.15) is 17.4 Å². The quantitative estimate of drug-likeness (QED) is 0.673. The molecule has 6 heteroatoms. The summed E-state index contributed by atoms with van der Waals surface area (Å²) in [7, 11) is 0. The van der Waals surface area contributed by atoms with Gasteiger partial charge in [0.1, 0.15) is 6.04 Å². The maximum atomic E-state index is 12.2. The lowest BCUT2D eigenvalue weighted by Crippen LogP contribution is -2.38. The molecule has 2 N–H and O–H groups in total. The third-order valence-corrected chi connectivity index (χ3v) is 6.68. The predicted octanol–water partition coefficient (Wildman–Crippen LogP) is 3.50. The maximum absolute atomic E-state index is 12.2. The molecule has 1 aliphatic heterocycles. The van der Waals surface area contributed by atoms with Gasteiger partial charge >= 0.3 is 0 Å². The van der Waals surface area contributed by atoms with Crippen molar-refractivity contribution in [3.8, 4) is 0 Å². The van der Waals surface area contributed by atoms with Crippen molar-refractivity contribution in [3.05, 3.63) is 52.2 Å². The zero-order chi connectivity index (χ0) is 18.9. The monoisotopic (exact) mass is 403 g/mol. The number of nitrogens with zero attached hydrogens (tertiary/aromatic N) is 1. The van der Waals surface area contributed by atoms with Gasteiger partial charge in [-0.05, 0) is 48.9 Å². The number of carbonyl (C=O) groups is 1. The van der Waals surface area contributed by atoms with Gasteiger partial charge in [-0.2, -0.15) is 11.8 Å². The molecule has 1 fully saturated rings. The summed E-state index contributed by atoms with van der Waals surface area (Å²) in [6, 6.07) is 12.4. The Labute approximate surface area is 170 Å². The van der Waals surface area contributed by atoms with E-state index in [9.17, 15) is 4.79 Å². The maximum Gasteiger partial charge on any atom is 0.242 e. The first-order chi connectivity index (χ1) is 13.2. The molecule has 1 aliphatic rings. The fraction of sp³-hybridized carbons (Fsp3) is 0.476. The molecule has 3 rings (SSSR count). The minimum Gasteiger partial charge on any atom is -0.374 e. The average molecular weight is 404 g/mol. The van der Waals surface area contributed by atoms with E-state index in [-0.39, 0.29) is 11.9 Å². The van der Waals surface area contributed by atoms with Crippen LogP contribution >= 0.6 is 23.1 Å². The van der Waals surface area contributed by atoms with Crippen LogP contribution in [0.5, 0.6) is 0 Å². The van der Waals surface area contributed by atoms with E-state index in [4.69, 9.17) is 0 Å². The van der Waals surface area contributed by atoms with Crippen molar-refractivity contribution in [2.45, 2.75) is 25.8 Å². The Morgan fingerprint density at radius 3 is 2.63 bits per heavy atom. The highest BCUT2D eigenvalue weighted by atomic mass is 32.2. The Balaban J connectivity index is 1.38. The third-order valence-electron chi connectivity index (χ3n) is 4.80. The molecule has 1 atom stereocenters. The molecule has 27 heavy (non-hydrogen) atoms. The highest BCUT2D eigenvalue weighted by molar-refractivity contribution is 7.99. The Kier molecular flexibility index (Phi) is 8.05. The van der Waals surface area contributed by atoms with Crippen molar-refractivity contribution in [2.24, 2.45) is 0 Å². The molecule has 0 radical (unpaired) electrons. The predicted molar refractivity (Wildman–Crippen MR) is 118 cm³/mol. The number of anilines is 1. The zero-order valence-electron chi connectivity index (χ0n) is 15.9. The van der Waals surface area contributed by atoms with Gasteiger partial charge in [0.25, 0.3) is 0 Å². The third kappa shape index (κ3) is 6.87. The summed E-state index contributed by atoms with van der Waals surface area (Å²) >= 11 is 3.78. The molecular weight excluding hydrogens is 374 g/mol. The van der Waals surface area contributed by atoms with Crippen LogP contribution in [-0.4, -0.2) is 54.5 Å². The molecule has 4 nitrogen and oxygen atoms in total. The zero-order valence-corrected chi connectivity index (χ0v) is 17.6. The summed E-state index contributed by atoms with van der Waals surface area (Å²) in [6.45, 7) is 6.14. The highest BCUT2D eigenvalue weighted by Crippen LogP contribution is 2.14. The number of hydrogen-bond donors (Lipinski definition) is 2. The molecule has 1 unspecified atom stereocenters. The van der Waals surface area contributed by atoms with Gasteiger partial charge in [-0.1, -0.05) is 18.2 Å². The van der Waals surface area contributed by atoms with E-state index in [0.717, 1.165) is 25.1 Å². The fourth-order valence-electron chi connectivity index (χ4n) is 3.11. The molecule has 0 saturated carbocycles. The summed E-state index contributed by atoms with van der Waals surface area (Å²) in [5.74, 6) is 2.56. The summed E-state index contributed by atoms with van der Waals surface area (Å²) in [5.41, 5.74) is 2.35. The number of carbonyl (C=O) groups excluding carboxylic acids is 1. The van der Waals surface area contributed by atoms with Crippen LogP contribution in [0.2, 0.25) is 0 Å². The summed E-state index contributed by atoms with van der Waals surface area (Å²) in [6.07, 6.45) is 1.98. The molecule has 2 aromatic rings. The van der Waals surface area contributed by atoms with Crippen molar-refractivity contribution in [3.63, 3.8) is 0 Å². The number of nitrogens with one attached hydrogen (secondary N) is 2. The van der Waals surface area contributed by atoms with E-state index in [0.29, 0.717) is 6.54 Å². The topological polar surface area (TPSA) is 44.4 Å². The lowest BCUT2D eigenvalue weighted by Gasteiger charge is -2.26. The van der Waals surface area contributed by atoms with E-state index < -0.39 is 0 Å². The minimum atomic E-state index is -0.245. The SMILES string of the molecule is CC(Nc1ccc(CCN2CCSCC2)cc1)C(=O)NCCc1cccs1. The van der Waals surface area contributed by atoms with Crippen molar-refractivity contribution in [1.29, 1.82) is 0 Å². The van der Waals surface area contributed by atoms with Crippen molar-refractivity contribution in [2.75, 3.05) is 43.0 Å². The van der Waals surface area contributed by atoms with Gasteiger partial charge in [0, 0.05) is 48.2 Å². The second kappa shape index (κ2) is 10.7. The van der Waals surface area contributed by atoms with Gasteiger partial charge < -0.3 is 15.5 Å². The van der Waals surface area contributed by atoms with Gasteiger partial charge in [-0.25, -0.2) is 0 Å². The van der Waals surface area contributed by atoms with Crippen LogP contribution in [0.25, 0.3) is 0 Å². The summed E-state index contributed by atoms with van der Waals surface area (Å²) in [5, 5.41) is 8.37. The molecule has 1 amide bonds. The van der Waals surface area contributed by atoms with Gasteiger partial charge in [0.2, 0.25) is 5.91 Å². The van der Waals surface area contributed by atoms with E-state index in [2.05, 4.69) is 63.0 Å². The average Bonchev–Trinajstić information content (AvgIpc) is 3.21. The molecule has 0 spiro atoms. The van der Waals surface area contributed by atoms with E-state index in [1.54, 1.807) is 11.3 Å². The van der Waals surface area contributed by atoms with Crippen molar-refractivity contribution in [1.82, 2.24) is 10.2 Å². The van der Waals surface area contributed by atoms with Crippen molar-refractivity contribution >= 4 is 34.7 Å². The van der Waals surface area contributed by atoms with Crippen LogP contribution in [0, 0.1) is 0 Å². The Bertz CT molecular complexity index is 682. The number of benzene rings is 1. The van der Waals surface area contributed by atoms with Gasteiger partial charge in [-0.15, -0.1) is 11.3 Å². The van der Waals surface area contributed by atoms with E-state index in [1.165, 1.54) is 35.0 Å². The molecule has 146 valence electrons. The minimum absolute atomic E-state index is 0.0404. The Morgan fingerprint density at radius 2 is 1.93 bits per heavy atom. The normalized spacial score (nSPS) is 16.0. The molecule has 1 aromatic carbocycles. The Morgan fingerprint density at radius 1 is 1.15 bits per heavy atom. The van der Waals surface area contributed by atoms with Gasteiger partial charge in [0.15, 0.2) is 0 Å². The van der Waals surface area contributed by atoms with Crippen LogP contribution < -0.4 is 10.6 Å². The first-order valence-corrected chi connectivity index (χ1v) is 11.7. The largest absolute Gasteiger partial charge is 0.374 e. The molecular formula is C21H29N3OS2. The summed E-state index contributed by atoms with van der Waals surface area (Å²) < 4.78 is 0. The smallest absolute Gasteiger partial charge is 0.242 e. The first kappa shape index (κ1) is 20.2. The number of thiophene rings is 1. The second-order valence-corrected chi connectivity index (χ2v) is 9.14. The van der Waals surface area contributed by atoms with E-state index >= 15 is 0 Å². The standard InChI is InChI=1S/C21H29N3OS2/c1-17(21(25)22-10-8-20-3-2-14-27-20)23-19-6-4-18(5-7-19)9-11-24-12-15-26-16-13-24/h2-7,14,17,23H,8-13,15-16H2,1H3,(H,22,25). The van der Waals surface area contributed by atoms with Crippen LogP contribution in [0.4, 0.5) is 5.69 Å². The second-order valence-electron chi connectivity index (χ2n) is 6.89. The lowest BCUT2D eigenvalue weighted by atomic mass is 10.1. The number of thioether (sulfide) groups is 1. The number of rotatable bonds is 9. The lowest BCUT2D eigenvalue weighted by molar-refractivity contribution is -0.121. The molecule has 0 bridgehead atoms. The Hall–Kier alpha value is -1.50. The number of hydrogen-bond acceptors (Lipinski definition) is 5. The van der Waals surface area contributed by atoms with Gasteiger partial charge in [0.05, 0.1) is 0 Å². The number of amides is 1. The first-order valence-electron chi connectivity index (χ1n) is 9.66. The van der Waals surface area contributed by atoms with Crippen LogP contribution in [0.3, 0.4) is 0 Å². The fourth-order valence-corrected chi connectivity index (χ4v) is 4.80. The van der Waals surface area contributed by atoms with Gasteiger partial charge in [-0.3, -0.25) is 4.79 Å². The molecule has 1 aromatic heterocycles.